The van der Waals surface area contributed by atoms with Gasteiger partial charge < -0.3 is 5.32 Å². The van der Waals surface area contributed by atoms with Gasteiger partial charge in [0.2, 0.25) is 0 Å². The van der Waals surface area contributed by atoms with E-state index in [4.69, 9.17) is 0 Å². The zero-order valence-electron chi connectivity index (χ0n) is 9.55. The fraction of sp³-hybridized carbons (Fsp3) is 0.455. The van der Waals surface area contributed by atoms with E-state index in [1.165, 1.54) is 4.88 Å². The van der Waals surface area contributed by atoms with E-state index in [0.717, 1.165) is 18.7 Å². The summed E-state index contributed by atoms with van der Waals surface area (Å²) in [4.78, 5) is 5.34. The third kappa shape index (κ3) is 2.48. The van der Waals surface area contributed by atoms with Crippen LogP contribution in [0.15, 0.2) is 24.0 Å². The summed E-state index contributed by atoms with van der Waals surface area (Å²) in [5.74, 6) is 0. The van der Waals surface area contributed by atoms with Crippen LogP contribution in [0.25, 0.3) is 0 Å². The van der Waals surface area contributed by atoms with Gasteiger partial charge in [-0.25, -0.2) is 0 Å². The van der Waals surface area contributed by atoms with Crippen molar-refractivity contribution in [3.05, 3.63) is 34.5 Å². The molecule has 2 rings (SSSR count). The number of aryl methyl sites for hydroxylation is 1. The van der Waals surface area contributed by atoms with Crippen LogP contribution in [0.5, 0.6) is 0 Å². The molecule has 4 nitrogen and oxygen atoms in total. The minimum absolute atomic E-state index is 0.175. The van der Waals surface area contributed by atoms with E-state index >= 15 is 0 Å². The minimum atomic E-state index is 0.175. The van der Waals surface area contributed by atoms with Gasteiger partial charge >= 0.3 is 0 Å². The molecule has 2 aromatic rings. The van der Waals surface area contributed by atoms with Crippen molar-refractivity contribution in [3.63, 3.8) is 0 Å². The van der Waals surface area contributed by atoms with E-state index in [1.807, 2.05) is 35.7 Å². The number of rotatable bonds is 5. The SMILES string of the molecule is CCCNC(c1ccn(C)n1)c1cncs1. The summed E-state index contributed by atoms with van der Waals surface area (Å²) in [6.45, 7) is 3.15. The highest BCUT2D eigenvalue weighted by Crippen LogP contribution is 2.23. The molecule has 86 valence electrons. The quantitative estimate of drug-likeness (QED) is 0.863. The lowest BCUT2D eigenvalue weighted by Crippen LogP contribution is -2.23. The summed E-state index contributed by atoms with van der Waals surface area (Å²) in [6, 6.07) is 2.22. The first-order chi connectivity index (χ1) is 7.81. The van der Waals surface area contributed by atoms with Crippen LogP contribution in [-0.4, -0.2) is 21.3 Å². The first-order valence-corrected chi connectivity index (χ1v) is 6.30. The topological polar surface area (TPSA) is 42.7 Å². The highest BCUT2D eigenvalue weighted by molar-refractivity contribution is 7.09. The second-order valence-electron chi connectivity index (χ2n) is 3.71. The van der Waals surface area contributed by atoms with Crippen molar-refractivity contribution in [2.24, 2.45) is 7.05 Å². The van der Waals surface area contributed by atoms with E-state index in [2.05, 4.69) is 22.3 Å². The lowest BCUT2D eigenvalue weighted by atomic mass is 10.2. The van der Waals surface area contributed by atoms with Crippen molar-refractivity contribution in [1.82, 2.24) is 20.1 Å². The summed E-state index contributed by atoms with van der Waals surface area (Å²) in [5, 5.41) is 7.95. The van der Waals surface area contributed by atoms with Crippen LogP contribution in [0.2, 0.25) is 0 Å². The second-order valence-corrected chi connectivity index (χ2v) is 4.62. The first-order valence-electron chi connectivity index (χ1n) is 5.42. The predicted molar refractivity (Wildman–Crippen MR) is 65.5 cm³/mol. The van der Waals surface area contributed by atoms with Gasteiger partial charge in [0.15, 0.2) is 0 Å². The zero-order valence-corrected chi connectivity index (χ0v) is 10.4. The second kappa shape index (κ2) is 5.23. The van der Waals surface area contributed by atoms with Gasteiger partial charge in [0.25, 0.3) is 0 Å². The molecule has 5 heteroatoms. The molecule has 1 unspecified atom stereocenters. The van der Waals surface area contributed by atoms with E-state index < -0.39 is 0 Å². The van der Waals surface area contributed by atoms with Crippen LogP contribution in [0.1, 0.15) is 30.0 Å². The molecule has 2 aromatic heterocycles. The summed E-state index contributed by atoms with van der Waals surface area (Å²) < 4.78 is 1.83. The zero-order chi connectivity index (χ0) is 11.4. The molecule has 0 spiro atoms. The van der Waals surface area contributed by atoms with Crippen molar-refractivity contribution in [2.45, 2.75) is 19.4 Å². The molecule has 0 radical (unpaired) electrons. The maximum Gasteiger partial charge on any atom is 0.0879 e. The molecule has 0 fully saturated rings. The Hall–Kier alpha value is -1.20. The first kappa shape index (κ1) is 11.3. The molecule has 0 aliphatic heterocycles. The van der Waals surface area contributed by atoms with Crippen molar-refractivity contribution >= 4 is 11.3 Å². The van der Waals surface area contributed by atoms with Crippen LogP contribution in [-0.2, 0) is 7.05 Å². The molecule has 0 aromatic carbocycles. The average Bonchev–Trinajstić information content (AvgIpc) is 2.91. The Balaban J connectivity index is 2.21. The highest BCUT2D eigenvalue weighted by Gasteiger charge is 2.16. The van der Waals surface area contributed by atoms with Crippen molar-refractivity contribution in [3.8, 4) is 0 Å². The van der Waals surface area contributed by atoms with Crippen LogP contribution in [0.3, 0.4) is 0 Å². The molecule has 0 saturated heterocycles. The molecule has 0 bridgehead atoms. The lowest BCUT2D eigenvalue weighted by molar-refractivity contribution is 0.581. The van der Waals surface area contributed by atoms with Gasteiger partial charge in [0.05, 0.1) is 17.2 Å². The lowest BCUT2D eigenvalue weighted by Gasteiger charge is -2.13. The van der Waals surface area contributed by atoms with Gasteiger partial charge in [-0.15, -0.1) is 11.3 Å². The number of hydrogen-bond acceptors (Lipinski definition) is 4. The Bertz CT molecular complexity index is 421. The number of thiazole rings is 1. The number of nitrogens with zero attached hydrogens (tertiary/aromatic N) is 3. The van der Waals surface area contributed by atoms with E-state index in [9.17, 15) is 0 Å². The van der Waals surface area contributed by atoms with Gasteiger partial charge in [-0.05, 0) is 19.0 Å². The van der Waals surface area contributed by atoms with E-state index in [1.54, 1.807) is 11.3 Å². The monoisotopic (exact) mass is 236 g/mol. The van der Waals surface area contributed by atoms with Gasteiger partial charge in [-0.3, -0.25) is 9.67 Å². The third-order valence-corrected chi connectivity index (χ3v) is 3.20. The molecule has 0 saturated carbocycles. The molecule has 16 heavy (non-hydrogen) atoms. The van der Waals surface area contributed by atoms with E-state index in [-0.39, 0.29) is 6.04 Å². The Morgan fingerprint density at radius 2 is 2.44 bits per heavy atom. The van der Waals surface area contributed by atoms with Crippen LogP contribution < -0.4 is 5.32 Å². The molecule has 2 heterocycles. The molecule has 0 aliphatic carbocycles. The number of hydrogen-bond donors (Lipinski definition) is 1. The van der Waals surface area contributed by atoms with Crippen LogP contribution in [0, 0.1) is 0 Å². The smallest absolute Gasteiger partial charge is 0.0879 e. The summed E-state index contributed by atoms with van der Waals surface area (Å²) in [6.07, 6.45) is 4.99. The average molecular weight is 236 g/mol. The van der Waals surface area contributed by atoms with E-state index in [0.29, 0.717) is 0 Å². The maximum absolute atomic E-state index is 4.45. The third-order valence-electron chi connectivity index (χ3n) is 2.36. The van der Waals surface area contributed by atoms with Gasteiger partial charge in [0.1, 0.15) is 0 Å². The van der Waals surface area contributed by atoms with Crippen LogP contribution >= 0.6 is 11.3 Å². The van der Waals surface area contributed by atoms with Gasteiger partial charge in [0, 0.05) is 24.3 Å². The normalized spacial score (nSPS) is 12.9. The summed E-state index contributed by atoms with van der Waals surface area (Å²) in [5.41, 5.74) is 2.92. The van der Waals surface area contributed by atoms with Crippen molar-refractivity contribution in [1.29, 1.82) is 0 Å². The molecular formula is C11H16N4S. The fourth-order valence-electron chi connectivity index (χ4n) is 1.59. The predicted octanol–water partition coefficient (Wildman–Crippen LogP) is 1.97. The standard InChI is InChI=1S/C11H16N4S/c1-3-5-13-11(10-7-12-8-16-10)9-4-6-15(2)14-9/h4,6-8,11,13H,3,5H2,1-2H3. The summed E-state index contributed by atoms with van der Waals surface area (Å²) in [7, 11) is 1.94. The van der Waals surface area contributed by atoms with Gasteiger partial charge in [-0.1, -0.05) is 6.92 Å². The maximum atomic E-state index is 4.45. The van der Waals surface area contributed by atoms with Crippen molar-refractivity contribution < 1.29 is 0 Å². The Morgan fingerprint density at radius 1 is 1.56 bits per heavy atom. The molecular weight excluding hydrogens is 220 g/mol. The number of aromatic nitrogens is 3. The van der Waals surface area contributed by atoms with Gasteiger partial charge in [-0.2, -0.15) is 5.10 Å². The highest BCUT2D eigenvalue weighted by atomic mass is 32.1. The number of nitrogens with one attached hydrogen (secondary N) is 1. The Labute approximate surface area is 99.3 Å². The molecule has 0 aliphatic rings. The Kier molecular flexibility index (Phi) is 3.69. The van der Waals surface area contributed by atoms with Crippen molar-refractivity contribution in [2.75, 3.05) is 6.54 Å². The molecule has 1 atom stereocenters. The fourth-order valence-corrected chi connectivity index (χ4v) is 2.30. The molecule has 1 N–H and O–H groups in total. The molecule has 0 amide bonds. The largest absolute Gasteiger partial charge is 0.304 e. The van der Waals surface area contributed by atoms with Crippen LogP contribution in [0.4, 0.5) is 0 Å². The Morgan fingerprint density at radius 3 is 3.00 bits per heavy atom. The summed E-state index contributed by atoms with van der Waals surface area (Å²) >= 11 is 1.66. The minimum Gasteiger partial charge on any atom is -0.304 e.